The Hall–Kier alpha value is -1.66. The molecule has 0 fully saturated rings. The van der Waals surface area contributed by atoms with Crippen LogP contribution in [0.5, 0.6) is 0 Å². The lowest BCUT2D eigenvalue weighted by atomic mass is 10.2. The third-order valence-electron chi connectivity index (χ3n) is 2.88. The second-order valence-corrected chi connectivity index (χ2v) is 7.12. The van der Waals surface area contributed by atoms with Gasteiger partial charge in [0.05, 0.1) is 10.4 Å². The molecule has 0 aliphatic heterocycles. The Balaban J connectivity index is 2.04. The molecule has 0 radical (unpaired) electrons. The maximum atomic E-state index is 12.8. The van der Waals surface area contributed by atoms with Crippen molar-refractivity contribution in [3.8, 4) is 0 Å². The van der Waals surface area contributed by atoms with E-state index in [4.69, 9.17) is 0 Å². The van der Waals surface area contributed by atoms with E-state index in [-0.39, 0.29) is 11.7 Å². The van der Waals surface area contributed by atoms with Crippen LogP contribution in [0, 0.1) is 5.82 Å². The van der Waals surface area contributed by atoms with Gasteiger partial charge in [-0.15, -0.1) is 23.1 Å². The molecule has 3 nitrogen and oxygen atoms in total. The monoisotopic (exact) mass is 336 g/mol. The van der Waals surface area contributed by atoms with Crippen LogP contribution in [-0.4, -0.2) is 17.9 Å². The van der Waals surface area contributed by atoms with Gasteiger partial charge in [0, 0.05) is 16.0 Å². The van der Waals surface area contributed by atoms with Crippen LogP contribution < -0.4 is 5.43 Å². The summed E-state index contributed by atoms with van der Waals surface area (Å²) in [7, 11) is 0. The Morgan fingerprint density at radius 2 is 2.09 bits per heavy atom. The largest absolute Gasteiger partial charge is 0.271 e. The van der Waals surface area contributed by atoms with Gasteiger partial charge in [0.1, 0.15) is 5.82 Å². The van der Waals surface area contributed by atoms with Crippen molar-refractivity contribution in [2.75, 3.05) is 5.75 Å². The molecule has 1 aromatic carbocycles. The van der Waals surface area contributed by atoms with E-state index < -0.39 is 0 Å². The number of hydrogen-bond acceptors (Lipinski definition) is 4. The minimum absolute atomic E-state index is 0.355. The summed E-state index contributed by atoms with van der Waals surface area (Å²) >= 11 is 3.53. The van der Waals surface area contributed by atoms with Crippen LogP contribution in [0.1, 0.15) is 34.6 Å². The molecule has 0 unspecified atom stereocenters. The molecule has 1 aromatic heterocycles. The summed E-state index contributed by atoms with van der Waals surface area (Å²) in [5.41, 5.74) is 3.86. The standard InChI is InChI=1S/C16H17FN2OS2/c1-3-14-9-12(16(22-14)21-4-2)10-18-19-15(20)11-5-7-13(17)8-6-11/h5-10H,3-4H2,1-2H3,(H,19,20)/b18-10-. The van der Waals surface area contributed by atoms with Crippen LogP contribution >= 0.6 is 23.1 Å². The number of hydrazone groups is 1. The van der Waals surface area contributed by atoms with E-state index in [0.29, 0.717) is 5.56 Å². The Bertz CT molecular complexity index is 665. The van der Waals surface area contributed by atoms with Gasteiger partial charge in [-0.2, -0.15) is 5.10 Å². The number of amides is 1. The first kappa shape index (κ1) is 16.7. The summed E-state index contributed by atoms with van der Waals surface area (Å²) in [4.78, 5) is 13.2. The average molecular weight is 336 g/mol. The number of benzene rings is 1. The molecule has 22 heavy (non-hydrogen) atoms. The fourth-order valence-electron chi connectivity index (χ4n) is 1.77. The van der Waals surface area contributed by atoms with Gasteiger partial charge in [0.2, 0.25) is 0 Å². The van der Waals surface area contributed by atoms with Crippen LogP contribution in [-0.2, 0) is 6.42 Å². The van der Waals surface area contributed by atoms with Crippen molar-refractivity contribution in [3.63, 3.8) is 0 Å². The summed E-state index contributed by atoms with van der Waals surface area (Å²) in [6, 6.07) is 7.45. The maximum Gasteiger partial charge on any atom is 0.271 e. The summed E-state index contributed by atoms with van der Waals surface area (Å²) < 4.78 is 14.0. The first-order chi connectivity index (χ1) is 10.6. The molecule has 2 aromatic rings. The zero-order valence-corrected chi connectivity index (χ0v) is 14.1. The average Bonchev–Trinajstić information content (AvgIpc) is 2.90. The Morgan fingerprint density at radius 3 is 2.73 bits per heavy atom. The zero-order valence-electron chi connectivity index (χ0n) is 12.4. The lowest BCUT2D eigenvalue weighted by Gasteiger charge is -1.99. The maximum absolute atomic E-state index is 12.8. The van der Waals surface area contributed by atoms with Crippen LogP contribution in [0.2, 0.25) is 0 Å². The molecular formula is C16H17FN2OS2. The molecule has 0 saturated heterocycles. The highest BCUT2D eigenvalue weighted by Crippen LogP contribution is 2.31. The highest BCUT2D eigenvalue weighted by molar-refractivity contribution is 8.01. The minimum atomic E-state index is -0.369. The van der Waals surface area contributed by atoms with Crippen molar-refractivity contribution < 1.29 is 9.18 Å². The topological polar surface area (TPSA) is 41.5 Å². The van der Waals surface area contributed by atoms with Crippen molar-refractivity contribution in [3.05, 3.63) is 52.2 Å². The second kappa shape index (κ2) is 8.10. The van der Waals surface area contributed by atoms with Crippen molar-refractivity contribution in [1.29, 1.82) is 0 Å². The SMILES string of the molecule is CCSc1sc(CC)cc1/C=N\NC(=O)c1ccc(F)cc1. The molecule has 2 rings (SSSR count). The summed E-state index contributed by atoms with van der Waals surface area (Å²) in [5.74, 6) is 0.269. The number of nitrogens with one attached hydrogen (secondary N) is 1. The Labute approximate surface area is 137 Å². The van der Waals surface area contributed by atoms with Gasteiger partial charge in [0.25, 0.3) is 5.91 Å². The lowest BCUT2D eigenvalue weighted by Crippen LogP contribution is -2.17. The van der Waals surface area contributed by atoms with Gasteiger partial charge in [-0.25, -0.2) is 9.82 Å². The highest BCUT2D eigenvalue weighted by Gasteiger charge is 2.07. The van der Waals surface area contributed by atoms with E-state index in [1.165, 1.54) is 33.4 Å². The van der Waals surface area contributed by atoms with Crippen LogP contribution in [0.15, 0.2) is 39.6 Å². The molecule has 0 aliphatic rings. The lowest BCUT2D eigenvalue weighted by molar-refractivity contribution is 0.0955. The smallest absolute Gasteiger partial charge is 0.267 e. The fourth-order valence-corrected chi connectivity index (χ4v) is 4.02. The molecular weight excluding hydrogens is 319 g/mol. The van der Waals surface area contributed by atoms with Crippen LogP contribution in [0.3, 0.4) is 0 Å². The number of nitrogens with zero attached hydrogens (tertiary/aromatic N) is 1. The third-order valence-corrected chi connectivity index (χ3v) is 5.36. The van der Waals surface area contributed by atoms with E-state index >= 15 is 0 Å². The number of carbonyl (C=O) groups is 1. The van der Waals surface area contributed by atoms with Gasteiger partial charge in [-0.3, -0.25) is 4.79 Å². The summed E-state index contributed by atoms with van der Waals surface area (Å²) in [5, 5.41) is 4.01. The molecule has 6 heteroatoms. The highest BCUT2D eigenvalue weighted by atomic mass is 32.2. The van der Waals surface area contributed by atoms with E-state index in [2.05, 4.69) is 30.4 Å². The molecule has 0 atom stereocenters. The van der Waals surface area contributed by atoms with E-state index in [1.807, 2.05) is 0 Å². The number of hydrogen-bond donors (Lipinski definition) is 1. The molecule has 1 heterocycles. The molecule has 0 bridgehead atoms. The van der Waals surface area contributed by atoms with Gasteiger partial charge in [-0.05, 0) is 42.5 Å². The summed E-state index contributed by atoms with van der Waals surface area (Å²) in [6.07, 6.45) is 2.65. The van der Waals surface area contributed by atoms with Gasteiger partial charge < -0.3 is 0 Å². The fraction of sp³-hybridized carbons (Fsp3) is 0.250. The number of carbonyl (C=O) groups excluding carboxylic acids is 1. The van der Waals surface area contributed by atoms with Crippen LogP contribution in [0.4, 0.5) is 4.39 Å². The second-order valence-electron chi connectivity index (χ2n) is 4.45. The van der Waals surface area contributed by atoms with Crippen molar-refractivity contribution in [2.45, 2.75) is 24.5 Å². The number of halogens is 1. The molecule has 0 aliphatic carbocycles. The zero-order chi connectivity index (χ0) is 15.9. The van der Waals surface area contributed by atoms with Gasteiger partial charge >= 0.3 is 0 Å². The summed E-state index contributed by atoms with van der Waals surface area (Å²) in [6.45, 7) is 4.22. The molecule has 0 spiro atoms. The number of thioether (sulfide) groups is 1. The minimum Gasteiger partial charge on any atom is -0.267 e. The Kier molecular flexibility index (Phi) is 6.15. The molecule has 1 N–H and O–H groups in total. The normalized spacial score (nSPS) is 11.0. The molecule has 0 saturated carbocycles. The number of rotatable bonds is 6. The first-order valence-corrected chi connectivity index (χ1v) is 8.78. The van der Waals surface area contributed by atoms with Crippen molar-refractivity contribution in [2.24, 2.45) is 5.10 Å². The third kappa shape index (κ3) is 4.42. The predicted molar refractivity (Wildman–Crippen MR) is 91.6 cm³/mol. The molecule has 1 amide bonds. The number of aryl methyl sites for hydroxylation is 1. The first-order valence-electron chi connectivity index (χ1n) is 6.98. The van der Waals surface area contributed by atoms with Crippen molar-refractivity contribution in [1.82, 2.24) is 5.43 Å². The van der Waals surface area contributed by atoms with E-state index in [9.17, 15) is 9.18 Å². The van der Waals surface area contributed by atoms with Crippen LogP contribution in [0.25, 0.3) is 0 Å². The van der Waals surface area contributed by atoms with E-state index in [0.717, 1.165) is 17.7 Å². The van der Waals surface area contributed by atoms with Gasteiger partial charge in [0.15, 0.2) is 0 Å². The van der Waals surface area contributed by atoms with E-state index in [1.54, 1.807) is 29.3 Å². The Morgan fingerprint density at radius 1 is 1.36 bits per heavy atom. The molecule has 116 valence electrons. The predicted octanol–water partition coefficient (Wildman–Crippen LogP) is 4.33. The quantitative estimate of drug-likeness (QED) is 0.485. The van der Waals surface area contributed by atoms with Gasteiger partial charge in [-0.1, -0.05) is 13.8 Å². The number of thiophene rings is 1. The van der Waals surface area contributed by atoms with Crippen molar-refractivity contribution >= 4 is 35.2 Å².